The standard InChI is InChI=1S/C21H22N2O5S2/c1-4-15-12(3)30-19(17(15)20(26)28-5-2)22-18(25)14-8-6-7-13(9-14)10-23-16(24)11-29-21(23)27/h6-9H,4-5,10-11H2,1-3H3,(H,22,25). The molecule has 2 heterocycles. The third-order valence-corrected chi connectivity index (χ3v) is 6.56. The Morgan fingerprint density at radius 3 is 2.63 bits per heavy atom. The molecule has 0 bridgehead atoms. The molecule has 3 rings (SSSR count). The summed E-state index contributed by atoms with van der Waals surface area (Å²) < 4.78 is 5.17. The molecule has 1 aromatic heterocycles. The fraction of sp³-hybridized carbons (Fsp3) is 0.333. The normalized spacial score (nSPS) is 13.6. The van der Waals surface area contributed by atoms with Gasteiger partial charge in [-0.3, -0.25) is 19.3 Å². The Morgan fingerprint density at radius 1 is 1.23 bits per heavy atom. The van der Waals surface area contributed by atoms with Crippen LogP contribution < -0.4 is 5.32 Å². The minimum atomic E-state index is -0.452. The monoisotopic (exact) mass is 446 g/mol. The topological polar surface area (TPSA) is 92.8 Å². The van der Waals surface area contributed by atoms with Crippen LogP contribution in [0.3, 0.4) is 0 Å². The smallest absolute Gasteiger partial charge is 0.341 e. The lowest BCUT2D eigenvalue weighted by Gasteiger charge is -2.13. The summed E-state index contributed by atoms with van der Waals surface area (Å²) in [4.78, 5) is 51.1. The van der Waals surface area contributed by atoms with Gasteiger partial charge in [-0.25, -0.2) is 4.79 Å². The Bertz CT molecular complexity index is 999. The van der Waals surface area contributed by atoms with E-state index in [9.17, 15) is 19.2 Å². The van der Waals surface area contributed by atoms with E-state index in [2.05, 4.69) is 5.32 Å². The van der Waals surface area contributed by atoms with Crippen LogP contribution in [-0.2, 0) is 22.5 Å². The third kappa shape index (κ3) is 4.57. The Balaban J connectivity index is 1.82. The molecule has 3 amide bonds. The van der Waals surface area contributed by atoms with Gasteiger partial charge in [0.1, 0.15) is 5.00 Å². The molecule has 1 aliphatic heterocycles. The van der Waals surface area contributed by atoms with Crippen molar-refractivity contribution >= 4 is 51.1 Å². The Labute approximate surface area is 182 Å². The predicted octanol–water partition coefficient (Wildman–Crippen LogP) is 4.24. The van der Waals surface area contributed by atoms with Gasteiger partial charge in [0.15, 0.2) is 0 Å². The van der Waals surface area contributed by atoms with Gasteiger partial charge in [0.2, 0.25) is 5.91 Å². The van der Waals surface area contributed by atoms with Gasteiger partial charge < -0.3 is 10.1 Å². The SMILES string of the molecule is CCOC(=O)c1c(NC(=O)c2cccc(CN3C(=O)CSC3=O)c2)sc(C)c1CC. The summed E-state index contributed by atoms with van der Waals surface area (Å²) in [7, 11) is 0. The number of ether oxygens (including phenoxy) is 1. The largest absolute Gasteiger partial charge is 0.462 e. The summed E-state index contributed by atoms with van der Waals surface area (Å²) in [5, 5.41) is 3.00. The second kappa shape index (κ2) is 9.44. The minimum absolute atomic E-state index is 0.123. The van der Waals surface area contributed by atoms with E-state index in [0.717, 1.165) is 22.2 Å². The summed E-state index contributed by atoms with van der Waals surface area (Å²) in [6, 6.07) is 6.75. The fourth-order valence-electron chi connectivity index (χ4n) is 3.21. The van der Waals surface area contributed by atoms with Crippen molar-refractivity contribution in [2.75, 3.05) is 17.7 Å². The molecular weight excluding hydrogens is 424 g/mol. The summed E-state index contributed by atoms with van der Waals surface area (Å²) >= 11 is 2.32. The number of nitrogens with zero attached hydrogens (tertiary/aromatic N) is 1. The molecule has 1 aromatic carbocycles. The second-order valence-corrected chi connectivity index (χ2v) is 8.76. The highest BCUT2D eigenvalue weighted by Crippen LogP contribution is 2.34. The lowest BCUT2D eigenvalue weighted by atomic mass is 10.1. The first-order valence-corrected chi connectivity index (χ1v) is 11.3. The van der Waals surface area contributed by atoms with Gasteiger partial charge in [0.05, 0.1) is 24.5 Å². The van der Waals surface area contributed by atoms with Gasteiger partial charge >= 0.3 is 5.97 Å². The van der Waals surface area contributed by atoms with Gasteiger partial charge in [-0.2, -0.15) is 0 Å². The first-order valence-electron chi connectivity index (χ1n) is 9.52. The van der Waals surface area contributed by atoms with Crippen molar-refractivity contribution in [3.05, 3.63) is 51.4 Å². The second-order valence-electron chi connectivity index (χ2n) is 6.60. The number of aryl methyl sites for hydroxylation is 1. The summed E-state index contributed by atoms with van der Waals surface area (Å²) in [5.74, 6) is -0.918. The molecule has 0 radical (unpaired) electrons. The maximum absolute atomic E-state index is 12.9. The number of carbonyl (C=O) groups excluding carboxylic acids is 4. The Hall–Kier alpha value is -2.65. The third-order valence-electron chi connectivity index (χ3n) is 4.64. The van der Waals surface area contributed by atoms with Crippen LogP contribution in [0.1, 0.15) is 50.6 Å². The zero-order valence-electron chi connectivity index (χ0n) is 16.9. The molecule has 9 heteroatoms. The summed E-state index contributed by atoms with van der Waals surface area (Å²) in [6.45, 7) is 5.97. The molecule has 1 fully saturated rings. The van der Waals surface area contributed by atoms with E-state index in [1.165, 1.54) is 16.2 Å². The number of imide groups is 1. The first kappa shape index (κ1) is 22.0. The lowest BCUT2D eigenvalue weighted by molar-refractivity contribution is -0.125. The van der Waals surface area contributed by atoms with E-state index in [0.29, 0.717) is 28.1 Å². The molecule has 0 saturated carbocycles. The first-order chi connectivity index (χ1) is 14.3. The molecule has 1 saturated heterocycles. The van der Waals surface area contributed by atoms with E-state index in [1.54, 1.807) is 31.2 Å². The number of amides is 3. The zero-order chi connectivity index (χ0) is 21.8. The van der Waals surface area contributed by atoms with Crippen molar-refractivity contribution in [2.45, 2.75) is 33.7 Å². The van der Waals surface area contributed by atoms with Crippen LogP contribution in [0.2, 0.25) is 0 Å². The van der Waals surface area contributed by atoms with Crippen LogP contribution in [0, 0.1) is 6.92 Å². The molecule has 0 unspecified atom stereocenters. The Morgan fingerprint density at radius 2 is 2.00 bits per heavy atom. The van der Waals surface area contributed by atoms with Crippen molar-refractivity contribution in [3.8, 4) is 0 Å². The van der Waals surface area contributed by atoms with E-state index in [4.69, 9.17) is 4.74 Å². The molecule has 7 nitrogen and oxygen atoms in total. The van der Waals surface area contributed by atoms with E-state index < -0.39 is 5.97 Å². The maximum atomic E-state index is 12.9. The lowest BCUT2D eigenvalue weighted by Crippen LogP contribution is -2.28. The average molecular weight is 447 g/mol. The number of thioether (sulfide) groups is 1. The van der Waals surface area contributed by atoms with Crippen LogP contribution in [0.4, 0.5) is 9.80 Å². The quantitative estimate of drug-likeness (QED) is 0.640. The van der Waals surface area contributed by atoms with Crippen molar-refractivity contribution in [2.24, 2.45) is 0 Å². The summed E-state index contributed by atoms with van der Waals surface area (Å²) in [5.41, 5.74) is 2.31. The van der Waals surface area contributed by atoms with E-state index >= 15 is 0 Å². The van der Waals surface area contributed by atoms with Crippen LogP contribution in [0.5, 0.6) is 0 Å². The van der Waals surface area contributed by atoms with Crippen molar-refractivity contribution in [1.82, 2.24) is 4.90 Å². The molecule has 158 valence electrons. The average Bonchev–Trinajstić information content (AvgIpc) is 3.21. The molecule has 0 aliphatic carbocycles. The van der Waals surface area contributed by atoms with Crippen LogP contribution >= 0.6 is 23.1 Å². The number of thiophene rings is 1. The van der Waals surface area contributed by atoms with Gasteiger partial charge in [-0.1, -0.05) is 30.8 Å². The van der Waals surface area contributed by atoms with Gasteiger partial charge in [-0.05, 0) is 43.5 Å². The highest BCUT2D eigenvalue weighted by molar-refractivity contribution is 8.14. The zero-order valence-corrected chi connectivity index (χ0v) is 18.6. The van der Waals surface area contributed by atoms with Crippen molar-refractivity contribution in [1.29, 1.82) is 0 Å². The molecule has 0 atom stereocenters. The number of anilines is 1. The Kier molecular flexibility index (Phi) is 6.94. The number of carbonyl (C=O) groups is 4. The fourth-order valence-corrected chi connectivity index (χ4v) is 5.07. The van der Waals surface area contributed by atoms with Gasteiger partial charge in [0.25, 0.3) is 11.1 Å². The number of benzene rings is 1. The van der Waals surface area contributed by atoms with Crippen LogP contribution in [-0.4, -0.2) is 40.3 Å². The molecule has 1 N–H and O–H groups in total. The number of nitrogens with one attached hydrogen (secondary N) is 1. The van der Waals surface area contributed by atoms with Gasteiger partial charge in [-0.15, -0.1) is 11.3 Å². The van der Waals surface area contributed by atoms with E-state index in [1.807, 2.05) is 13.8 Å². The highest BCUT2D eigenvalue weighted by atomic mass is 32.2. The number of hydrogen-bond donors (Lipinski definition) is 1. The van der Waals surface area contributed by atoms with Crippen molar-refractivity contribution < 1.29 is 23.9 Å². The van der Waals surface area contributed by atoms with Gasteiger partial charge in [0, 0.05) is 10.4 Å². The maximum Gasteiger partial charge on any atom is 0.341 e. The highest BCUT2D eigenvalue weighted by Gasteiger charge is 2.30. The predicted molar refractivity (Wildman–Crippen MR) is 117 cm³/mol. The minimum Gasteiger partial charge on any atom is -0.462 e. The van der Waals surface area contributed by atoms with Crippen molar-refractivity contribution in [3.63, 3.8) is 0 Å². The molecular formula is C21H22N2O5S2. The molecule has 0 spiro atoms. The van der Waals surface area contributed by atoms with Crippen LogP contribution in [0.15, 0.2) is 24.3 Å². The molecule has 30 heavy (non-hydrogen) atoms. The van der Waals surface area contributed by atoms with E-state index in [-0.39, 0.29) is 36.0 Å². The number of hydrogen-bond acceptors (Lipinski definition) is 7. The molecule has 2 aromatic rings. The summed E-state index contributed by atoms with van der Waals surface area (Å²) in [6.07, 6.45) is 0.651. The number of rotatable bonds is 7. The number of esters is 1. The molecule has 1 aliphatic rings. The van der Waals surface area contributed by atoms with Crippen LogP contribution in [0.25, 0.3) is 0 Å².